The van der Waals surface area contributed by atoms with Crippen LogP contribution >= 0.6 is 0 Å². The maximum absolute atomic E-state index is 12.4. The topological polar surface area (TPSA) is 78.2 Å². The second kappa shape index (κ2) is 6.97. The lowest BCUT2D eigenvalue weighted by Gasteiger charge is -2.25. The summed E-state index contributed by atoms with van der Waals surface area (Å²) in [6.07, 6.45) is 2.58. The van der Waals surface area contributed by atoms with Crippen LogP contribution in [-0.2, 0) is 9.53 Å². The molecule has 1 atom stereocenters. The van der Waals surface area contributed by atoms with Crippen molar-refractivity contribution >= 4 is 11.7 Å². The van der Waals surface area contributed by atoms with Crippen LogP contribution in [0.5, 0.6) is 0 Å². The van der Waals surface area contributed by atoms with Crippen LogP contribution in [0.3, 0.4) is 0 Å². The third-order valence-corrected chi connectivity index (χ3v) is 4.56. The standard InChI is InChI=1S/C17H22N4O2/c1-12-2-3-13(10-18)16(19-12)21-7-4-14(11-21)17(22)20-15-5-8-23-9-6-15/h2-3,14-15H,4-9,11H2,1H3,(H,20,22). The van der Waals surface area contributed by atoms with Gasteiger partial charge in [-0.15, -0.1) is 0 Å². The lowest BCUT2D eigenvalue weighted by molar-refractivity contribution is -0.125. The first-order chi connectivity index (χ1) is 11.2. The molecule has 1 N–H and O–H groups in total. The lowest BCUT2D eigenvalue weighted by atomic mass is 10.1. The van der Waals surface area contributed by atoms with E-state index in [9.17, 15) is 10.1 Å². The molecule has 0 aromatic carbocycles. The van der Waals surface area contributed by atoms with Gasteiger partial charge < -0.3 is 15.0 Å². The quantitative estimate of drug-likeness (QED) is 0.912. The molecule has 1 unspecified atom stereocenters. The van der Waals surface area contributed by atoms with Gasteiger partial charge in [0.2, 0.25) is 5.91 Å². The number of aromatic nitrogens is 1. The van der Waals surface area contributed by atoms with Gasteiger partial charge in [-0.25, -0.2) is 4.98 Å². The molecule has 6 heteroatoms. The number of hydrogen-bond donors (Lipinski definition) is 1. The van der Waals surface area contributed by atoms with Crippen molar-refractivity contribution in [2.45, 2.75) is 32.2 Å². The molecule has 0 radical (unpaired) electrons. The highest BCUT2D eigenvalue weighted by molar-refractivity contribution is 5.80. The van der Waals surface area contributed by atoms with Crippen LogP contribution in [0.15, 0.2) is 12.1 Å². The highest BCUT2D eigenvalue weighted by atomic mass is 16.5. The number of carbonyl (C=O) groups excluding carboxylic acids is 1. The molecule has 0 saturated carbocycles. The van der Waals surface area contributed by atoms with E-state index in [1.54, 1.807) is 6.07 Å². The molecule has 0 aliphatic carbocycles. The average Bonchev–Trinajstić information content (AvgIpc) is 3.06. The van der Waals surface area contributed by atoms with Crippen LogP contribution < -0.4 is 10.2 Å². The lowest BCUT2D eigenvalue weighted by Crippen LogP contribution is -2.42. The largest absolute Gasteiger partial charge is 0.381 e. The number of ether oxygens (including phenoxy) is 1. The minimum absolute atomic E-state index is 0.0355. The molecule has 3 heterocycles. The minimum Gasteiger partial charge on any atom is -0.381 e. The number of anilines is 1. The first-order valence-corrected chi connectivity index (χ1v) is 8.18. The summed E-state index contributed by atoms with van der Waals surface area (Å²) in [6.45, 7) is 4.74. The highest BCUT2D eigenvalue weighted by Gasteiger charge is 2.31. The van der Waals surface area contributed by atoms with Crippen molar-refractivity contribution in [2.24, 2.45) is 5.92 Å². The Hall–Kier alpha value is -2.13. The van der Waals surface area contributed by atoms with Crippen molar-refractivity contribution in [3.63, 3.8) is 0 Å². The van der Waals surface area contributed by atoms with E-state index >= 15 is 0 Å². The van der Waals surface area contributed by atoms with Crippen molar-refractivity contribution in [1.82, 2.24) is 10.3 Å². The van der Waals surface area contributed by atoms with Crippen LogP contribution in [-0.4, -0.2) is 43.2 Å². The van der Waals surface area contributed by atoms with Crippen LogP contribution in [0.2, 0.25) is 0 Å². The number of nitrogens with one attached hydrogen (secondary N) is 1. The first kappa shape index (κ1) is 15.8. The number of amides is 1. The van der Waals surface area contributed by atoms with Crippen molar-refractivity contribution < 1.29 is 9.53 Å². The molecule has 2 fully saturated rings. The molecule has 2 aliphatic heterocycles. The van der Waals surface area contributed by atoms with Crippen LogP contribution in [0.1, 0.15) is 30.5 Å². The number of pyridine rings is 1. The Bertz CT molecular complexity index is 620. The molecule has 23 heavy (non-hydrogen) atoms. The van der Waals surface area contributed by atoms with Crippen LogP contribution in [0.25, 0.3) is 0 Å². The number of carbonyl (C=O) groups is 1. The zero-order valence-electron chi connectivity index (χ0n) is 13.4. The Labute approximate surface area is 136 Å². The van der Waals surface area contributed by atoms with Gasteiger partial charge in [0.25, 0.3) is 0 Å². The third kappa shape index (κ3) is 3.62. The summed E-state index contributed by atoms with van der Waals surface area (Å²) in [5, 5.41) is 12.4. The summed E-state index contributed by atoms with van der Waals surface area (Å²) in [5.41, 5.74) is 1.45. The molecule has 2 aliphatic rings. The van der Waals surface area contributed by atoms with E-state index < -0.39 is 0 Å². The molecular weight excluding hydrogens is 292 g/mol. The average molecular weight is 314 g/mol. The predicted octanol–water partition coefficient (Wildman–Crippen LogP) is 1.38. The molecule has 0 spiro atoms. The predicted molar refractivity (Wildman–Crippen MR) is 86.0 cm³/mol. The van der Waals surface area contributed by atoms with Crippen LogP contribution in [0.4, 0.5) is 5.82 Å². The van der Waals surface area contributed by atoms with Crippen LogP contribution in [0, 0.1) is 24.2 Å². The zero-order valence-corrected chi connectivity index (χ0v) is 13.4. The fourth-order valence-corrected chi connectivity index (χ4v) is 3.20. The molecular formula is C17H22N4O2. The number of hydrogen-bond acceptors (Lipinski definition) is 5. The fourth-order valence-electron chi connectivity index (χ4n) is 3.20. The molecule has 0 bridgehead atoms. The normalized spacial score (nSPS) is 21.9. The number of nitriles is 1. The van der Waals surface area contributed by atoms with E-state index in [1.807, 2.05) is 13.0 Å². The Morgan fingerprint density at radius 3 is 2.91 bits per heavy atom. The van der Waals surface area contributed by atoms with E-state index in [-0.39, 0.29) is 17.9 Å². The maximum atomic E-state index is 12.4. The van der Waals surface area contributed by atoms with Gasteiger partial charge in [-0.05, 0) is 38.3 Å². The number of aryl methyl sites for hydroxylation is 1. The smallest absolute Gasteiger partial charge is 0.225 e. The van der Waals surface area contributed by atoms with Gasteiger partial charge in [0.1, 0.15) is 11.9 Å². The van der Waals surface area contributed by atoms with Gasteiger partial charge in [-0.1, -0.05) is 0 Å². The summed E-state index contributed by atoms with van der Waals surface area (Å²) in [4.78, 5) is 19.0. The molecule has 3 rings (SSSR count). The molecule has 122 valence electrons. The van der Waals surface area contributed by atoms with E-state index in [0.717, 1.165) is 44.7 Å². The summed E-state index contributed by atoms with van der Waals surface area (Å²) < 4.78 is 5.32. The zero-order chi connectivity index (χ0) is 16.2. The van der Waals surface area contributed by atoms with Gasteiger partial charge in [0.15, 0.2) is 0 Å². The molecule has 1 aromatic rings. The SMILES string of the molecule is Cc1ccc(C#N)c(N2CCC(C(=O)NC3CCOCC3)C2)n1. The van der Waals surface area contributed by atoms with E-state index in [0.29, 0.717) is 17.9 Å². The summed E-state index contributed by atoms with van der Waals surface area (Å²) in [7, 11) is 0. The molecule has 2 saturated heterocycles. The second-order valence-corrected chi connectivity index (χ2v) is 6.26. The van der Waals surface area contributed by atoms with Crippen molar-refractivity contribution in [3.05, 3.63) is 23.4 Å². The van der Waals surface area contributed by atoms with E-state index in [2.05, 4.69) is 21.3 Å². The molecule has 1 aromatic heterocycles. The van der Waals surface area contributed by atoms with E-state index in [1.165, 1.54) is 0 Å². The Kier molecular flexibility index (Phi) is 4.77. The van der Waals surface area contributed by atoms with Gasteiger partial charge >= 0.3 is 0 Å². The summed E-state index contributed by atoms with van der Waals surface area (Å²) in [6, 6.07) is 6.06. The molecule has 1 amide bonds. The van der Waals surface area contributed by atoms with Crippen molar-refractivity contribution in [3.8, 4) is 6.07 Å². The number of rotatable bonds is 3. The van der Waals surface area contributed by atoms with Gasteiger partial charge in [0.05, 0.1) is 11.5 Å². The van der Waals surface area contributed by atoms with Crippen molar-refractivity contribution in [2.75, 3.05) is 31.2 Å². The Morgan fingerprint density at radius 1 is 1.39 bits per heavy atom. The monoisotopic (exact) mass is 314 g/mol. The van der Waals surface area contributed by atoms with Gasteiger partial charge in [-0.2, -0.15) is 5.26 Å². The van der Waals surface area contributed by atoms with Gasteiger partial charge in [-0.3, -0.25) is 4.79 Å². The second-order valence-electron chi connectivity index (χ2n) is 6.26. The fraction of sp³-hybridized carbons (Fsp3) is 0.588. The molecule has 6 nitrogen and oxygen atoms in total. The highest BCUT2D eigenvalue weighted by Crippen LogP contribution is 2.26. The number of nitrogens with zero attached hydrogens (tertiary/aromatic N) is 3. The Balaban J connectivity index is 1.63. The summed E-state index contributed by atoms with van der Waals surface area (Å²) >= 11 is 0. The maximum Gasteiger partial charge on any atom is 0.225 e. The van der Waals surface area contributed by atoms with Gasteiger partial charge in [0, 0.05) is 38.0 Å². The van der Waals surface area contributed by atoms with Crippen molar-refractivity contribution in [1.29, 1.82) is 5.26 Å². The third-order valence-electron chi connectivity index (χ3n) is 4.56. The summed E-state index contributed by atoms with van der Waals surface area (Å²) in [5.74, 6) is 0.783. The Morgan fingerprint density at radius 2 is 2.17 bits per heavy atom. The first-order valence-electron chi connectivity index (χ1n) is 8.18. The minimum atomic E-state index is -0.0355. The van der Waals surface area contributed by atoms with E-state index in [4.69, 9.17) is 4.74 Å².